The van der Waals surface area contributed by atoms with Gasteiger partial charge in [0.1, 0.15) is 0 Å². The van der Waals surface area contributed by atoms with Crippen molar-refractivity contribution >= 4 is 0 Å². The molecule has 0 aromatic carbocycles. The number of hydrogen-bond acceptors (Lipinski definition) is 2. The molecule has 0 heterocycles. The third kappa shape index (κ3) is 4.97. The fourth-order valence-electron chi connectivity index (χ4n) is 1.50. The summed E-state index contributed by atoms with van der Waals surface area (Å²) in [7, 11) is 0. The van der Waals surface area contributed by atoms with Gasteiger partial charge in [0.25, 0.3) is 0 Å². The molecule has 0 rings (SSSR count). The largest absolute Gasteiger partial charge is 0.370 e. The van der Waals surface area contributed by atoms with E-state index in [1.807, 2.05) is 0 Å². The van der Waals surface area contributed by atoms with Gasteiger partial charge in [-0.25, -0.2) is 0 Å². The molecule has 0 aliphatic carbocycles. The average Bonchev–Trinajstić information content (AvgIpc) is 1.95. The second-order valence-corrected chi connectivity index (χ2v) is 6.09. The Hall–Kier alpha value is -0.0800. The van der Waals surface area contributed by atoms with Gasteiger partial charge >= 0.3 is 0 Å². The number of rotatable bonds is 3. The Kier molecular flexibility index (Phi) is 4.60. The van der Waals surface area contributed by atoms with Crippen LogP contribution in [0.15, 0.2) is 0 Å². The molecular weight excluding hydrogens is 174 g/mol. The minimum atomic E-state index is -0.120. The van der Waals surface area contributed by atoms with Gasteiger partial charge in [0, 0.05) is 6.04 Å². The van der Waals surface area contributed by atoms with Crippen LogP contribution in [0.1, 0.15) is 54.9 Å². The molecule has 0 aliphatic heterocycles. The third-order valence-corrected chi connectivity index (χ3v) is 2.19. The summed E-state index contributed by atoms with van der Waals surface area (Å²) >= 11 is 0. The Morgan fingerprint density at radius 3 is 1.71 bits per heavy atom. The van der Waals surface area contributed by atoms with Crippen LogP contribution in [-0.2, 0) is 4.74 Å². The molecule has 0 aromatic heterocycles. The molecule has 86 valence electrons. The molecule has 2 nitrogen and oxygen atoms in total. The van der Waals surface area contributed by atoms with Crippen molar-refractivity contribution in [3.8, 4) is 0 Å². The van der Waals surface area contributed by atoms with Gasteiger partial charge in [0.2, 0.25) is 0 Å². The maximum Gasteiger partial charge on any atom is 0.0781 e. The summed E-state index contributed by atoms with van der Waals surface area (Å²) in [6, 6.07) is 0.120. The number of ether oxygens (including phenoxy) is 1. The lowest BCUT2D eigenvalue weighted by Gasteiger charge is -2.39. The molecule has 0 radical (unpaired) electrons. The van der Waals surface area contributed by atoms with E-state index in [1.165, 1.54) is 0 Å². The zero-order chi connectivity index (χ0) is 11.6. The highest BCUT2D eigenvalue weighted by Crippen LogP contribution is 2.29. The van der Waals surface area contributed by atoms with Crippen LogP contribution >= 0.6 is 0 Å². The quantitative estimate of drug-likeness (QED) is 0.762. The van der Waals surface area contributed by atoms with Crippen LogP contribution in [0.25, 0.3) is 0 Å². The molecule has 2 N–H and O–H groups in total. The Morgan fingerprint density at radius 2 is 1.50 bits per heavy atom. The molecule has 0 saturated carbocycles. The van der Waals surface area contributed by atoms with Crippen molar-refractivity contribution < 1.29 is 4.74 Å². The van der Waals surface area contributed by atoms with Crippen molar-refractivity contribution in [3.05, 3.63) is 0 Å². The smallest absolute Gasteiger partial charge is 0.0781 e. The van der Waals surface area contributed by atoms with Crippen molar-refractivity contribution in [3.63, 3.8) is 0 Å². The van der Waals surface area contributed by atoms with Crippen molar-refractivity contribution in [2.45, 2.75) is 72.6 Å². The molecule has 2 heteroatoms. The Labute approximate surface area is 89.2 Å². The Morgan fingerprint density at radius 1 is 1.07 bits per heavy atom. The van der Waals surface area contributed by atoms with Crippen molar-refractivity contribution in [1.82, 2.24) is 0 Å². The first-order valence-electron chi connectivity index (χ1n) is 5.51. The van der Waals surface area contributed by atoms with E-state index in [-0.39, 0.29) is 23.2 Å². The predicted octanol–water partition coefficient (Wildman–Crippen LogP) is 2.95. The van der Waals surface area contributed by atoms with Crippen LogP contribution in [0.2, 0.25) is 0 Å². The molecular formula is C12H27NO. The molecule has 0 fully saturated rings. The summed E-state index contributed by atoms with van der Waals surface area (Å²) in [5, 5.41) is 0. The van der Waals surface area contributed by atoms with Crippen LogP contribution in [-0.4, -0.2) is 17.7 Å². The first-order chi connectivity index (χ1) is 6.08. The summed E-state index contributed by atoms with van der Waals surface area (Å²) in [4.78, 5) is 0. The van der Waals surface area contributed by atoms with Crippen LogP contribution in [0.3, 0.4) is 0 Å². The standard InChI is InChI=1S/C12H27NO/c1-8-9(13)10(11(2,3)4)14-12(5,6)7/h9-10H,8,13H2,1-7H3. The lowest BCUT2D eigenvalue weighted by molar-refractivity contribution is -0.115. The first-order valence-corrected chi connectivity index (χ1v) is 5.51. The molecule has 14 heavy (non-hydrogen) atoms. The maximum atomic E-state index is 6.09. The highest BCUT2D eigenvalue weighted by Gasteiger charge is 2.33. The summed E-state index contributed by atoms with van der Waals surface area (Å²) in [5.74, 6) is 0. The van der Waals surface area contributed by atoms with Crippen LogP contribution in [0.4, 0.5) is 0 Å². The van der Waals surface area contributed by atoms with Gasteiger partial charge in [-0.05, 0) is 32.6 Å². The van der Waals surface area contributed by atoms with Crippen molar-refractivity contribution in [2.24, 2.45) is 11.1 Å². The fraction of sp³-hybridized carbons (Fsp3) is 1.00. The lowest BCUT2D eigenvalue weighted by Crippen LogP contribution is -2.48. The van der Waals surface area contributed by atoms with Crippen molar-refractivity contribution in [1.29, 1.82) is 0 Å². The van der Waals surface area contributed by atoms with Gasteiger partial charge in [-0.2, -0.15) is 0 Å². The summed E-state index contributed by atoms with van der Waals surface area (Å²) in [5.41, 5.74) is 6.07. The summed E-state index contributed by atoms with van der Waals surface area (Å²) in [6.45, 7) is 14.9. The topological polar surface area (TPSA) is 35.2 Å². The van der Waals surface area contributed by atoms with Crippen LogP contribution < -0.4 is 5.73 Å². The van der Waals surface area contributed by atoms with E-state index in [0.29, 0.717) is 0 Å². The number of nitrogens with two attached hydrogens (primary N) is 1. The molecule has 0 amide bonds. The number of hydrogen-bond donors (Lipinski definition) is 1. The molecule has 0 aromatic rings. The molecule has 0 bridgehead atoms. The summed E-state index contributed by atoms with van der Waals surface area (Å²) < 4.78 is 6.03. The van der Waals surface area contributed by atoms with E-state index in [9.17, 15) is 0 Å². The minimum Gasteiger partial charge on any atom is -0.370 e. The second kappa shape index (κ2) is 4.63. The monoisotopic (exact) mass is 201 g/mol. The van der Waals surface area contributed by atoms with E-state index in [0.717, 1.165) is 6.42 Å². The van der Waals surface area contributed by atoms with Gasteiger partial charge in [0.15, 0.2) is 0 Å². The molecule has 0 saturated heterocycles. The van der Waals surface area contributed by atoms with Gasteiger partial charge in [0.05, 0.1) is 11.7 Å². The Balaban J connectivity index is 4.58. The van der Waals surface area contributed by atoms with Gasteiger partial charge in [-0.3, -0.25) is 0 Å². The van der Waals surface area contributed by atoms with E-state index >= 15 is 0 Å². The zero-order valence-electron chi connectivity index (χ0n) is 10.8. The van der Waals surface area contributed by atoms with Crippen molar-refractivity contribution in [2.75, 3.05) is 0 Å². The lowest BCUT2D eigenvalue weighted by atomic mass is 9.83. The Bertz CT molecular complexity index is 164. The van der Waals surface area contributed by atoms with E-state index in [1.54, 1.807) is 0 Å². The predicted molar refractivity (Wildman–Crippen MR) is 62.3 cm³/mol. The molecule has 2 unspecified atom stereocenters. The average molecular weight is 201 g/mol. The second-order valence-electron chi connectivity index (χ2n) is 6.09. The normalized spacial score (nSPS) is 18.0. The van der Waals surface area contributed by atoms with Crippen LogP contribution in [0.5, 0.6) is 0 Å². The highest BCUT2D eigenvalue weighted by molar-refractivity contribution is 4.85. The zero-order valence-corrected chi connectivity index (χ0v) is 10.8. The third-order valence-electron chi connectivity index (χ3n) is 2.19. The van der Waals surface area contributed by atoms with Gasteiger partial charge < -0.3 is 10.5 Å². The fourth-order valence-corrected chi connectivity index (χ4v) is 1.50. The highest BCUT2D eigenvalue weighted by atomic mass is 16.5. The van der Waals surface area contributed by atoms with Gasteiger partial charge in [-0.1, -0.05) is 27.7 Å². The van der Waals surface area contributed by atoms with Gasteiger partial charge in [-0.15, -0.1) is 0 Å². The van der Waals surface area contributed by atoms with E-state index in [2.05, 4.69) is 48.5 Å². The minimum absolute atomic E-state index is 0.0999. The first kappa shape index (κ1) is 13.9. The van der Waals surface area contributed by atoms with E-state index < -0.39 is 0 Å². The molecule has 2 atom stereocenters. The summed E-state index contributed by atoms with van der Waals surface area (Å²) in [6.07, 6.45) is 1.07. The molecule has 0 spiro atoms. The molecule has 0 aliphatic rings. The maximum absolute atomic E-state index is 6.09. The van der Waals surface area contributed by atoms with Crippen LogP contribution in [0, 0.1) is 5.41 Å². The van der Waals surface area contributed by atoms with E-state index in [4.69, 9.17) is 10.5 Å². The SMILES string of the molecule is CCC(N)C(OC(C)(C)C)C(C)(C)C.